The van der Waals surface area contributed by atoms with Crippen LogP contribution in [0.15, 0.2) is 5.11 Å². The molecule has 1 saturated carbocycles. The normalized spacial score (nSPS) is 20.3. The quantitative estimate of drug-likeness (QED) is 0.347. The number of nitrogens with zero attached hydrogens (tertiary/aromatic N) is 3. The fourth-order valence-corrected chi connectivity index (χ4v) is 1.24. The summed E-state index contributed by atoms with van der Waals surface area (Å²) in [5.41, 5.74) is 8.03. The molecule has 1 atom stereocenters. The van der Waals surface area contributed by atoms with E-state index in [9.17, 15) is 4.79 Å². The molecule has 1 aliphatic carbocycles. The third-order valence-electron chi connectivity index (χ3n) is 2.22. The fraction of sp³-hybridized carbons (Fsp3) is 0.857. The van der Waals surface area contributed by atoms with Crippen molar-refractivity contribution in [2.24, 2.45) is 17.0 Å². The van der Waals surface area contributed by atoms with Crippen molar-refractivity contribution in [2.45, 2.75) is 19.8 Å². The van der Waals surface area contributed by atoms with E-state index in [0.717, 1.165) is 0 Å². The molecule has 4 nitrogen and oxygen atoms in total. The van der Waals surface area contributed by atoms with Gasteiger partial charge < -0.3 is 0 Å². The number of hydrogen-bond acceptors (Lipinski definition) is 2. The molecule has 0 aromatic rings. The number of azide groups is 1. The van der Waals surface area contributed by atoms with Gasteiger partial charge in [-0.1, -0.05) is 12.0 Å². The molecule has 1 fully saturated rings. The monoisotopic (exact) mass is 153 g/mol. The number of rotatable bonds is 3. The Bertz CT molecular complexity index is 200. The third kappa shape index (κ3) is 1.95. The van der Waals surface area contributed by atoms with Gasteiger partial charge in [-0.15, -0.1) is 0 Å². The summed E-state index contributed by atoms with van der Waals surface area (Å²) in [6.07, 6.45) is 1.37. The number of carbonyl (C=O) groups excluding carboxylic acids is 1. The van der Waals surface area contributed by atoms with E-state index in [1.807, 2.05) is 6.92 Å². The summed E-state index contributed by atoms with van der Waals surface area (Å²) in [4.78, 5) is 13.3. The molecule has 11 heavy (non-hydrogen) atoms. The molecule has 0 aromatic heterocycles. The van der Waals surface area contributed by atoms with Crippen LogP contribution in [0.25, 0.3) is 10.4 Å². The van der Waals surface area contributed by atoms with Crippen LogP contribution in [-0.4, -0.2) is 12.3 Å². The van der Waals surface area contributed by atoms with Gasteiger partial charge in [-0.2, -0.15) is 0 Å². The molecule has 0 amide bonds. The van der Waals surface area contributed by atoms with Crippen LogP contribution in [0.5, 0.6) is 0 Å². The number of Topliss-reactive ketones (excluding diaryl/α,β-unsaturated/α-hetero) is 1. The summed E-state index contributed by atoms with van der Waals surface area (Å²) in [6.45, 7) is 2.54. The van der Waals surface area contributed by atoms with Gasteiger partial charge >= 0.3 is 0 Å². The summed E-state index contributed by atoms with van der Waals surface area (Å²) in [7, 11) is 0. The molecule has 1 unspecified atom stereocenters. The Labute approximate surface area is 65.2 Å². The second-order valence-corrected chi connectivity index (χ2v) is 3.10. The van der Waals surface area contributed by atoms with Gasteiger partial charge in [0.1, 0.15) is 5.78 Å². The Balaban J connectivity index is 2.25. The second kappa shape index (κ2) is 3.39. The van der Waals surface area contributed by atoms with Crippen LogP contribution in [-0.2, 0) is 4.79 Å². The summed E-state index contributed by atoms with van der Waals surface area (Å²) in [5, 5.41) is 3.47. The van der Waals surface area contributed by atoms with Crippen LogP contribution < -0.4 is 0 Å². The standard InChI is InChI=1S/C7H11N3O/c1-5(4-9-10-8)6-2-7(11)3-6/h5-6H,2-4H2,1H3. The maximum atomic E-state index is 10.6. The average Bonchev–Trinajstić information content (AvgIpc) is 1.94. The minimum absolute atomic E-state index is 0.336. The van der Waals surface area contributed by atoms with Crippen molar-refractivity contribution in [3.05, 3.63) is 10.4 Å². The van der Waals surface area contributed by atoms with E-state index in [1.54, 1.807) is 0 Å². The molecule has 0 radical (unpaired) electrons. The first kappa shape index (κ1) is 8.08. The van der Waals surface area contributed by atoms with Crippen LogP contribution in [0.3, 0.4) is 0 Å². The first-order chi connectivity index (χ1) is 5.24. The summed E-state index contributed by atoms with van der Waals surface area (Å²) in [5.74, 6) is 1.17. The van der Waals surface area contributed by atoms with Crippen molar-refractivity contribution < 1.29 is 4.79 Å². The molecular weight excluding hydrogens is 142 g/mol. The van der Waals surface area contributed by atoms with Gasteiger partial charge in [-0.3, -0.25) is 4.79 Å². The van der Waals surface area contributed by atoms with Gasteiger partial charge in [-0.05, 0) is 17.4 Å². The van der Waals surface area contributed by atoms with Crippen LogP contribution in [0, 0.1) is 11.8 Å². The molecule has 0 aliphatic heterocycles. The molecule has 0 aromatic carbocycles. The lowest BCUT2D eigenvalue weighted by atomic mass is 9.76. The highest BCUT2D eigenvalue weighted by molar-refractivity contribution is 5.84. The highest BCUT2D eigenvalue weighted by Crippen LogP contribution is 2.30. The van der Waals surface area contributed by atoms with E-state index in [2.05, 4.69) is 10.0 Å². The zero-order chi connectivity index (χ0) is 8.27. The smallest absolute Gasteiger partial charge is 0.133 e. The molecule has 1 aliphatic rings. The van der Waals surface area contributed by atoms with Gasteiger partial charge in [0.05, 0.1) is 0 Å². The zero-order valence-electron chi connectivity index (χ0n) is 6.53. The van der Waals surface area contributed by atoms with Crippen LogP contribution in [0.4, 0.5) is 0 Å². The average molecular weight is 153 g/mol. The van der Waals surface area contributed by atoms with Crippen molar-refractivity contribution in [3.8, 4) is 0 Å². The molecule has 0 saturated heterocycles. The maximum Gasteiger partial charge on any atom is 0.133 e. The highest BCUT2D eigenvalue weighted by Gasteiger charge is 2.30. The predicted octanol–water partition coefficient (Wildman–Crippen LogP) is 1.91. The van der Waals surface area contributed by atoms with E-state index < -0.39 is 0 Å². The van der Waals surface area contributed by atoms with E-state index in [4.69, 9.17) is 5.53 Å². The van der Waals surface area contributed by atoms with Gasteiger partial charge in [0.25, 0.3) is 0 Å². The van der Waals surface area contributed by atoms with Gasteiger partial charge in [0, 0.05) is 24.3 Å². The van der Waals surface area contributed by atoms with Crippen molar-refractivity contribution >= 4 is 5.78 Å². The van der Waals surface area contributed by atoms with Gasteiger partial charge in [-0.25, -0.2) is 0 Å². The first-order valence-electron chi connectivity index (χ1n) is 3.76. The molecule has 0 heterocycles. The maximum absolute atomic E-state index is 10.6. The van der Waals surface area contributed by atoms with Crippen LogP contribution in [0.1, 0.15) is 19.8 Å². The van der Waals surface area contributed by atoms with Gasteiger partial charge in [0.15, 0.2) is 0 Å². The Hall–Kier alpha value is -1.02. The number of ketones is 1. The summed E-state index contributed by atoms with van der Waals surface area (Å²) >= 11 is 0. The van der Waals surface area contributed by atoms with E-state index in [1.165, 1.54) is 0 Å². The Morgan fingerprint density at radius 2 is 2.45 bits per heavy atom. The van der Waals surface area contributed by atoms with Gasteiger partial charge in [0.2, 0.25) is 0 Å². The zero-order valence-corrected chi connectivity index (χ0v) is 6.53. The highest BCUT2D eigenvalue weighted by atomic mass is 16.1. The third-order valence-corrected chi connectivity index (χ3v) is 2.22. The lowest BCUT2D eigenvalue weighted by Crippen LogP contribution is -2.29. The SMILES string of the molecule is CC(CN=[N+]=[N-])C1CC(=O)C1. The lowest BCUT2D eigenvalue weighted by molar-refractivity contribution is -0.128. The molecule has 0 spiro atoms. The predicted molar refractivity (Wildman–Crippen MR) is 40.9 cm³/mol. The topological polar surface area (TPSA) is 65.8 Å². The molecule has 0 N–H and O–H groups in total. The number of carbonyl (C=O) groups is 1. The van der Waals surface area contributed by atoms with E-state index in [-0.39, 0.29) is 0 Å². The minimum Gasteiger partial charge on any atom is -0.300 e. The Morgan fingerprint density at radius 3 is 2.91 bits per heavy atom. The first-order valence-corrected chi connectivity index (χ1v) is 3.76. The summed E-state index contributed by atoms with van der Waals surface area (Å²) in [6, 6.07) is 0. The molecule has 1 rings (SSSR count). The fourth-order valence-electron chi connectivity index (χ4n) is 1.24. The molecule has 4 heteroatoms. The van der Waals surface area contributed by atoms with Crippen molar-refractivity contribution in [3.63, 3.8) is 0 Å². The van der Waals surface area contributed by atoms with Crippen molar-refractivity contribution in [1.82, 2.24) is 0 Å². The number of hydrogen-bond donors (Lipinski definition) is 0. The van der Waals surface area contributed by atoms with E-state index in [0.29, 0.717) is 37.0 Å². The Morgan fingerprint density at radius 1 is 1.82 bits per heavy atom. The van der Waals surface area contributed by atoms with Crippen LogP contribution in [0.2, 0.25) is 0 Å². The second-order valence-electron chi connectivity index (χ2n) is 3.10. The Kier molecular flexibility index (Phi) is 2.49. The van der Waals surface area contributed by atoms with Crippen molar-refractivity contribution in [1.29, 1.82) is 0 Å². The lowest BCUT2D eigenvalue weighted by Gasteiger charge is -2.28. The molecule has 0 bridgehead atoms. The molecule has 60 valence electrons. The summed E-state index contributed by atoms with van der Waals surface area (Å²) < 4.78 is 0. The minimum atomic E-state index is 0.336. The largest absolute Gasteiger partial charge is 0.300 e. The molecular formula is C7H11N3O. The van der Waals surface area contributed by atoms with Crippen LogP contribution >= 0.6 is 0 Å². The van der Waals surface area contributed by atoms with E-state index >= 15 is 0 Å². The van der Waals surface area contributed by atoms with Crippen molar-refractivity contribution in [2.75, 3.05) is 6.54 Å².